The summed E-state index contributed by atoms with van der Waals surface area (Å²) in [6.45, 7) is 4.45. The van der Waals surface area contributed by atoms with Crippen molar-refractivity contribution in [2.45, 2.75) is 31.7 Å². The van der Waals surface area contributed by atoms with Gasteiger partial charge in [0.1, 0.15) is 5.82 Å². The van der Waals surface area contributed by atoms with E-state index in [-0.39, 0.29) is 11.9 Å². The lowest BCUT2D eigenvalue weighted by Crippen LogP contribution is -2.52. The zero-order chi connectivity index (χ0) is 11.8. The molecule has 1 saturated heterocycles. The highest BCUT2D eigenvalue weighted by Gasteiger charge is 2.30. The van der Waals surface area contributed by atoms with E-state index >= 15 is 0 Å². The van der Waals surface area contributed by atoms with Gasteiger partial charge in [-0.25, -0.2) is 4.98 Å². The molecule has 0 aromatic carbocycles. The lowest BCUT2D eigenvalue weighted by molar-refractivity contribution is 0.0643. The fourth-order valence-corrected chi connectivity index (χ4v) is 2.18. The maximum atomic E-state index is 12.2. The second-order valence-electron chi connectivity index (χ2n) is 4.87. The molecule has 3 rings (SSSR count). The maximum Gasteiger partial charge on any atom is 0.293 e. The van der Waals surface area contributed by atoms with Crippen molar-refractivity contribution < 1.29 is 4.79 Å². The molecule has 2 N–H and O–H groups in total. The van der Waals surface area contributed by atoms with E-state index < -0.39 is 0 Å². The van der Waals surface area contributed by atoms with Crippen LogP contribution in [0.1, 0.15) is 42.1 Å². The molecule has 1 saturated carbocycles. The highest BCUT2D eigenvalue weighted by molar-refractivity contribution is 5.90. The number of aromatic nitrogens is 3. The van der Waals surface area contributed by atoms with Gasteiger partial charge in [-0.15, -0.1) is 5.10 Å². The highest BCUT2D eigenvalue weighted by Crippen LogP contribution is 2.37. The van der Waals surface area contributed by atoms with Gasteiger partial charge < -0.3 is 10.2 Å². The first-order valence-electron chi connectivity index (χ1n) is 6.19. The Kier molecular flexibility index (Phi) is 2.58. The molecule has 0 radical (unpaired) electrons. The van der Waals surface area contributed by atoms with Crippen molar-refractivity contribution in [1.29, 1.82) is 0 Å². The van der Waals surface area contributed by atoms with Crippen molar-refractivity contribution in [2.24, 2.45) is 0 Å². The van der Waals surface area contributed by atoms with E-state index in [4.69, 9.17) is 0 Å². The molecule has 1 atom stereocenters. The molecule has 2 fully saturated rings. The van der Waals surface area contributed by atoms with E-state index in [0.29, 0.717) is 11.7 Å². The molecule has 0 spiro atoms. The summed E-state index contributed by atoms with van der Waals surface area (Å²) in [7, 11) is 0. The van der Waals surface area contributed by atoms with Gasteiger partial charge >= 0.3 is 0 Å². The molecule has 1 amide bonds. The number of hydrogen-bond donors (Lipinski definition) is 2. The van der Waals surface area contributed by atoms with E-state index in [9.17, 15) is 4.79 Å². The number of H-pyrrole nitrogens is 1. The fourth-order valence-electron chi connectivity index (χ4n) is 2.18. The Hall–Kier alpha value is -1.43. The minimum Gasteiger partial charge on any atom is -0.331 e. The number of rotatable bonds is 2. The van der Waals surface area contributed by atoms with Crippen LogP contribution in [0, 0.1) is 0 Å². The molecule has 17 heavy (non-hydrogen) atoms. The Bertz CT molecular complexity index is 425. The molecule has 2 aliphatic rings. The first-order chi connectivity index (χ1) is 8.25. The number of carbonyl (C=O) groups excluding carboxylic acids is 1. The number of amides is 1. The average molecular weight is 235 g/mol. The van der Waals surface area contributed by atoms with Crippen LogP contribution in [0.15, 0.2) is 0 Å². The van der Waals surface area contributed by atoms with Crippen LogP contribution in [0.2, 0.25) is 0 Å². The molecule has 2 heterocycles. The van der Waals surface area contributed by atoms with Crippen LogP contribution in [0.4, 0.5) is 0 Å². The number of hydrogen-bond acceptors (Lipinski definition) is 4. The Labute approximate surface area is 99.8 Å². The SMILES string of the molecule is CC1CNCCN1C(=O)c1n[nH]c(C2CC2)n1. The van der Waals surface area contributed by atoms with E-state index in [1.54, 1.807) is 0 Å². The molecule has 1 aliphatic heterocycles. The summed E-state index contributed by atoms with van der Waals surface area (Å²) in [5.74, 6) is 1.64. The van der Waals surface area contributed by atoms with Gasteiger partial charge in [0, 0.05) is 31.6 Å². The number of aromatic amines is 1. The Balaban J connectivity index is 1.75. The van der Waals surface area contributed by atoms with Crippen molar-refractivity contribution in [3.63, 3.8) is 0 Å². The van der Waals surface area contributed by atoms with Gasteiger partial charge in [0.25, 0.3) is 5.91 Å². The molecule has 1 aliphatic carbocycles. The van der Waals surface area contributed by atoms with Crippen molar-refractivity contribution >= 4 is 5.91 Å². The van der Waals surface area contributed by atoms with Crippen LogP contribution in [-0.2, 0) is 0 Å². The zero-order valence-electron chi connectivity index (χ0n) is 9.94. The normalized spacial score (nSPS) is 25.0. The summed E-state index contributed by atoms with van der Waals surface area (Å²) in [4.78, 5) is 18.4. The second-order valence-corrected chi connectivity index (χ2v) is 4.87. The summed E-state index contributed by atoms with van der Waals surface area (Å²) in [5.41, 5.74) is 0. The Morgan fingerprint density at radius 1 is 1.47 bits per heavy atom. The van der Waals surface area contributed by atoms with Gasteiger partial charge in [-0.3, -0.25) is 9.89 Å². The van der Waals surface area contributed by atoms with E-state index in [0.717, 1.165) is 38.3 Å². The molecule has 6 heteroatoms. The molecular formula is C11H17N5O. The monoisotopic (exact) mass is 235 g/mol. The van der Waals surface area contributed by atoms with Gasteiger partial charge in [0.15, 0.2) is 0 Å². The van der Waals surface area contributed by atoms with Gasteiger partial charge in [0.2, 0.25) is 5.82 Å². The molecular weight excluding hydrogens is 218 g/mol. The predicted molar refractivity (Wildman–Crippen MR) is 61.7 cm³/mol. The minimum absolute atomic E-state index is 0.0536. The molecule has 1 unspecified atom stereocenters. The molecule has 1 aromatic rings. The van der Waals surface area contributed by atoms with Gasteiger partial charge in [-0.05, 0) is 19.8 Å². The lowest BCUT2D eigenvalue weighted by Gasteiger charge is -2.33. The second kappa shape index (κ2) is 4.10. The van der Waals surface area contributed by atoms with Crippen LogP contribution in [-0.4, -0.2) is 51.7 Å². The summed E-state index contributed by atoms with van der Waals surface area (Å²) < 4.78 is 0. The third-order valence-corrected chi connectivity index (χ3v) is 3.42. The summed E-state index contributed by atoms with van der Waals surface area (Å²) in [6.07, 6.45) is 2.32. The van der Waals surface area contributed by atoms with E-state index in [1.165, 1.54) is 0 Å². The molecule has 0 bridgehead atoms. The zero-order valence-corrected chi connectivity index (χ0v) is 9.94. The smallest absolute Gasteiger partial charge is 0.293 e. The van der Waals surface area contributed by atoms with Gasteiger partial charge in [0.05, 0.1) is 0 Å². The highest BCUT2D eigenvalue weighted by atomic mass is 16.2. The lowest BCUT2D eigenvalue weighted by atomic mass is 10.2. The molecule has 92 valence electrons. The fraction of sp³-hybridized carbons (Fsp3) is 0.727. The Morgan fingerprint density at radius 3 is 3.00 bits per heavy atom. The van der Waals surface area contributed by atoms with E-state index in [2.05, 4.69) is 20.5 Å². The van der Waals surface area contributed by atoms with Crippen molar-refractivity contribution in [3.8, 4) is 0 Å². The van der Waals surface area contributed by atoms with Crippen LogP contribution in [0.5, 0.6) is 0 Å². The predicted octanol–water partition coefficient (Wildman–Crippen LogP) is 0.116. The Morgan fingerprint density at radius 2 is 2.29 bits per heavy atom. The third-order valence-electron chi connectivity index (χ3n) is 3.42. The van der Waals surface area contributed by atoms with Crippen molar-refractivity contribution in [1.82, 2.24) is 25.4 Å². The summed E-state index contributed by atoms with van der Waals surface area (Å²) >= 11 is 0. The largest absolute Gasteiger partial charge is 0.331 e. The first kappa shape index (κ1) is 10.7. The van der Waals surface area contributed by atoms with Gasteiger partial charge in [-0.1, -0.05) is 0 Å². The summed E-state index contributed by atoms with van der Waals surface area (Å²) in [5, 5.41) is 10.2. The van der Waals surface area contributed by atoms with Crippen LogP contribution >= 0.6 is 0 Å². The quantitative estimate of drug-likeness (QED) is 0.763. The van der Waals surface area contributed by atoms with Crippen molar-refractivity contribution in [3.05, 3.63) is 11.6 Å². The maximum absolute atomic E-state index is 12.2. The average Bonchev–Trinajstić information content (AvgIpc) is 3.07. The number of carbonyl (C=O) groups is 1. The topological polar surface area (TPSA) is 73.9 Å². The van der Waals surface area contributed by atoms with E-state index in [1.807, 2.05) is 11.8 Å². The van der Waals surface area contributed by atoms with Gasteiger partial charge in [-0.2, -0.15) is 0 Å². The molecule has 6 nitrogen and oxygen atoms in total. The standard InChI is InChI=1S/C11H17N5O/c1-7-6-12-4-5-16(7)11(17)10-13-9(14-15-10)8-2-3-8/h7-8,12H,2-6H2,1H3,(H,13,14,15). The van der Waals surface area contributed by atoms with Crippen molar-refractivity contribution in [2.75, 3.05) is 19.6 Å². The van der Waals surface area contributed by atoms with Crippen LogP contribution < -0.4 is 5.32 Å². The number of nitrogens with zero attached hydrogens (tertiary/aromatic N) is 3. The third kappa shape index (κ3) is 2.04. The number of nitrogens with one attached hydrogen (secondary N) is 2. The number of piperazine rings is 1. The van der Waals surface area contributed by atoms with Crippen LogP contribution in [0.3, 0.4) is 0 Å². The van der Waals surface area contributed by atoms with Crippen LogP contribution in [0.25, 0.3) is 0 Å². The molecule has 1 aromatic heterocycles. The first-order valence-corrected chi connectivity index (χ1v) is 6.19. The minimum atomic E-state index is -0.0536. The summed E-state index contributed by atoms with van der Waals surface area (Å²) in [6, 6.07) is 0.208.